The molecule has 6 heteroatoms. The molecule has 0 unspecified atom stereocenters. The first-order valence-electron chi connectivity index (χ1n) is 7.27. The number of hydrogen-bond donors (Lipinski definition) is 2. The molecule has 0 saturated heterocycles. The van der Waals surface area contributed by atoms with E-state index in [0.717, 1.165) is 37.7 Å². The molecule has 1 spiro atoms. The number of ether oxygens (including phenoxy) is 1. The summed E-state index contributed by atoms with van der Waals surface area (Å²) in [6.45, 7) is -0.553. The molecule has 3 rings (SSSR count). The topological polar surface area (TPSA) is 50.4 Å². The Balaban J connectivity index is 2.11. The summed E-state index contributed by atoms with van der Waals surface area (Å²) in [5, 5.41) is 6.29. The highest BCUT2D eigenvalue weighted by molar-refractivity contribution is 6.34. The minimum absolute atomic E-state index is 0.00189. The second-order valence-corrected chi connectivity index (χ2v) is 5.96. The van der Waals surface area contributed by atoms with Gasteiger partial charge in [0.1, 0.15) is 19.0 Å². The maximum Gasteiger partial charge on any atom is 0.319 e. The number of urea groups is 1. The molecule has 1 aliphatic carbocycles. The lowest BCUT2D eigenvalue weighted by Gasteiger charge is -2.43. The normalized spacial score (nSPS) is 19.6. The summed E-state index contributed by atoms with van der Waals surface area (Å²) in [5.74, 6) is 0.599. The molecular weight excluding hydrogens is 294 g/mol. The van der Waals surface area contributed by atoms with Crippen LogP contribution >= 0.6 is 11.6 Å². The van der Waals surface area contributed by atoms with Gasteiger partial charge in [-0.25, -0.2) is 9.18 Å². The number of carbonyl (C=O) groups excluding carboxylic acids is 1. The molecule has 0 aromatic heterocycles. The number of rotatable bonds is 3. The van der Waals surface area contributed by atoms with Crippen molar-refractivity contribution in [1.82, 2.24) is 5.32 Å². The van der Waals surface area contributed by atoms with E-state index in [1.54, 1.807) is 12.1 Å². The molecular formula is C15H18ClFN2O2. The Labute approximate surface area is 128 Å². The highest BCUT2D eigenvalue weighted by atomic mass is 35.5. The molecule has 1 aromatic carbocycles. The molecule has 2 amide bonds. The highest BCUT2D eigenvalue weighted by Gasteiger charge is 2.43. The first kappa shape index (κ1) is 14.4. The van der Waals surface area contributed by atoms with E-state index in [9.17, 15) is 9.18 Å². The van der Waals surface area contributed by atoms with Crippen molar-refractivity contribution in [3.63, 3.8) is 0 Å². The maximum atomic E-state index is 12.4. The van der Waals surface area contributed by atoms with Crippen LogP contribution in [-0.2, 0) is 5.54 Å². The molecule has 2 aliphatic rings. The van der Waals surface area contributed by atoms with Crippen molar-refractivity contribution in [3.8, 4) is 5.75 Å². The SMILES string of the molecule is O=C1Nc2c(Cl)ccc(OCC[18F])c2C2(CCCCC2)N1. The summed E-state index contributed by atoms with van der Waals surface area (Å²) in [6.07, 6.45) is 4.92. The number of anilines is 1. The quantitative estimate of drug-likeness (QED) is 0.887. The van der Waals surface area contributed by atoms with Gasteiger partial charge in [0.15, 0.2) is 0 Å². The zero-order chi connectivity index (χ0) is 14.9. The van der Waals surface area contributed by atoms with Crippen LogP contribution in [0.15, 0.2) is 12.1 Å². The van der Waals surface area contributed by atoms with Gasteiger partial charge in [-0.15, -0.1) is 0 Å². The molecule has 1 aliphatic heterocycles. The molecule has 1 aromatic rings. The molecule has 0 bridgehead atoms. The zero-order valence-electron chi connectivity index (χ0n) is 11.7. The van der Waals surface area contributed by atoms with E-state index in [4.69, 9.17) is 16.3 Å². The molecule has 114 valence electrons. The Hall–Kier alpha value is -1.49. The summed E-state index contributed by atoms with van der Waals surface area (Å²) in [5.41, 5.74) is 1.01. The van der Waals surface area contributed by atoms with Gasteiger partial charge in [0.2, 0.25) is 0 Å². The molecule has 0 radical (unpaired) electrons. The van der Waals surface area contributed by atoms with Crippen molar-refractivity contribution in [3.05, 3.63) is 22.7 Å². The van der Waals surface area contributed by atoms with Crippen LogP contribution in [0.5, 0.6) is 5.75 Å². The van der Waals surface area contributed by atoms with E-state index in [1.165, 1.54) is 0 Å². The number of fused-ring (bicyclic) bond motifs is 2. The second kappa shape index (κ2) is 5.72. The van der Waals surface area contributed by atoms with Crippen LogP contribution in [0.25, 0.3) is 0 Å². The lowest BCUT2D eigenvalue weighted by Crippen LogP contribution is -2.52. The van der Waals surface area contributed by atoms with Crippen molar-refractivity contribution in [2.45, 2.75) is 37.6 Å². The fraction of sp³-hybridized carbons (Fsp3) is 0.533. The van der Waals surface area contributed by atoms with Gasteiger partial charge in [-0.3, -0.25) is 0 Å². The highest BCUT2D eigenvalue weighted by Crippen LogP contribution is 2.49. The number of benzene rings is 1. The maximum absolute atomic E-state index is 12.4. The van der Waals surface area contributed by atoms with Crippen LogP contribution < -0.4 is 15.4 Å². The monoisotopic (exact) mass is 311 g/mol. The molecule has 1 saturated carbocycles. The minimum Gasteiger partial charge on any atom is -0.490 e. The number of amides is 2. The van der Waals surface area contributed by atoms with Gasteiger partial charge in [0, 0.05) is 5.56 Å². The number of hydrogen-bond acceptors (Lipinski definition) is 2. The average Bonchev–Trinajstić information content (AvgIpc) is 2.48. The smallest absolute Gasteiger partial charge is 0.319 e. The predicted octanol–water partition coefficient (Wildman–Crippen LogP) is 3.98. The first-order valence-corrected chi connectivity index (χ1v) is 7.65. The van der Waals surface area contributed by atoms with E-state index in [2.05, 4.69) is 10.6 Å². The van der Waals surface area contributed by atoms with E-state index in [1.807, 2.05) is 0 Å². The van der Waals surface area contributed by atoms with Crippen LogP contribution in [0.3, 0.4) is 0 Å². The molecule has 21 heavy (non-hydrogen) atoms. The van der Waals surface area contributed by atoms with Crippen LogP contribution in [0, 0.1) is 0 Å². The summed E-state index contributed by atoms with van der Waals surface area (Å²) in [4.78, 5) is 12.0. The zero-order valence-corrected chi connectivity index (χ0v) is 12.4. The minimum atomic E-state index is -0.551. The lowest BCUT2D eigenvalue weighted by molar-refractivity contribution is 0.201. The second-order valence-electron chi connectivity index (χ2n) is 5.55. The fourth-order valence-corrected chi connectivity index (χ4v) is 3.58. The van der Waals surface area contributed by atoms with Crippen LogP contribution in [0.4, 0.5) is 14.9 Å². The average molecular weight is 312 g/mol. The number of nitrogens with one attached hydrogen (secondary N) is 2. The van der Waals surface area contributed by atoms with Gasteiger partial charge in [0.05, 0.1) is 16.2 Å². The molecule has 1 heterocycles. The molecule has 2 N–H and O–H groups in total. The Morgan fingerprint density at radius 3 is 2.76 bits per heavy atom. The Morgan fingerprint density at radius 1 is 1.29 bits per heavy atom. The van der Waals surface area contributed by atoms with Crippen molar-refractivity contribution in [2.24, 2.45) is 0 Å². The van der Waals surface area contributed by atoms with E-state index >= 15 is 0 Å². The third kappa shape index (κ3) is 2.55. The molecule has 0 atom stereocenters. The largest absolute Gasteiger partial charge is 0.490 e. The fourth-order valence-electron chi connectivity index (χ4n) is 3.38. The predicted molar refractivity (Wildman–Crippen MR) is 79.8 cm³/mol. The summed E-state index contributed by atoms with van der Waals surface area (Å²) in [6, 6.07) is 3.19. The first-order chi connectivity index (χ1) is 10.2. The van der Waals surface area contributed by atoms with E-state index in [0.29, 0.717) is 16.5 Å². The number of halogens is 2. The van der Waals surface area contributed by atoms with Gasteiger partial charge in [0.25, 0.3) is 0 Å². The van der Waals surface area contributed by atoms with Gasteiger partial charge in [-0.1, -0.05) is 30.9 Å². The lowest BCUT2D eigenvalue weighted by atomic mass is 9.74. The Bertz CT molecular complexity index is 559. The van der Waals surface area contributed by atoms with E-state index < -0.39 is 12.2 Å². The Morgan fingerprint density at radius 2 is 2.05 bits per heavy atom. The molecule has 1 fully saturated rings. The van der Waals surface area contributed by atoms with E-state index in [-0.39, 0.29) is 12.6 Å². The number of carbonyl (C=O) groups is 1. The Kier molecular flexibility index (Phi) is 3.93. The summed E-state index contributed by atoms with van der Waals surface area (Å²) in [7, 11) is 0. The third-order valence-electron chi connectivity index (χ3n) is 4.23. The van der Waals surface area contributed by atoms with Crippen molar-refractivity contribution in [2.75, 3.05) is 18.6 Å². The molecule has 4 nitrogen and oxygen atoms in total. The van der Waals surface area contributed by atoms with Gasteiger partial charge in [-0.05, 0) is 25.0 Å². The van der Waals surface area contributed by atoms with Crippen LogP contribution in [0.1, 0.15) is 37.7 Å². The van der Waals surface area contributed by atoms with Crippen molar-refractivity contribution >= 4 is 23.3 Å². The summed E-state index contributed by atoms with van der Waals surface area (Å²) < 4.78 is 18.0. The standard InChI is InChI=1S/C15H18ClFN2O2/c16-10-4-5-11(21-9-8-17)12-13(10)18-14(20)19-15(12)6-2-1-3-7-15/h4-5H,1-3,6-9H2,(H2,18,19,20)/i17-1. The number of alkyl halides is 1. The van der Waals surface area contributed by atoms with Gasteiger partial charge < -0.3 is 15.4 Å². The third-order valence-corrected chi connectivity index (χ3v) is 4.54. The summed E-state index contributed by atoms with van der Waals surface area (Å²) >= 11 is 6.24. The van der Waals surface area contributed by atoms with Crippen molar-refractivity contribution in [1.29, 1.82) is 0 Å². The van der Waals surface area contributed by atoms with Crippen LogP contribution in [-0.4, -0.2) is 19.3 Å². The van der Waals surface area contributed by atoms with Crippen molar-refractivity contribution < 1.29 is 13.9 Å². The van der Waals surface area contributed by atoms with Crippen LogP contribution in [0.2, 0.25) is 5.02 Å². The van der Waals surface area contributed by atoms with Gasteiger partial charge in [-0.2, -0.15) is 0 Å². The van der Waals surface area contributed by atoms with Gasteiger partial charge >= 0.3 is 6.03 Å².